The number of rotatable bonds is 4. The van der Waals surface area contributed by atoms with Crippen molar-refractivity contribution in [3.63, 3.8) is 0 Å². The van der Waals surface area contributed by atoms with Crippen LogP contribution < -0.4 is 4.74 Å². The lowest BCUT2D eigenvalue weighted by Gasteiger charge is -2.10. The smallest absolute Gasteiger partial charge is 0.339 e. The molecule has 0 spiro atoms. The molecule has 4 nitrogen and oxygen atoms in total. The SMILES string of the molecule is Cc1ccc(COc2cnccc2C(=O)O)c(Cl)c1. The van der Waals surface area contributed by atoms with Crippen LogP contribution in [0, 0.1) is 6.92 Å². The van der Waals surface area contributed by atoms with E-state index in [0.29, 0.717) is 5.02 Å². The molecule has 0 aliphatic carbocycles. The summed E-state index contributed by atoms with van der Waals surface area (Å²) in [5.41, 5.74) is 1.94. The van der Waals surface area contributed by atoms with Crippen LogP contribution in [-0.4, -0.2) is 16.1 Å². The van der Waals surface area contributed by atoms with Gasteiger partial charge in [-0.1, -0.05) is 23.7 Å². The van der Waals surface area contributed by atoms with Crippen molar-refractivity contribution in [3.8, 4) is 5.75 Å². The zero-order valence-electron chi connectivity index (χ0n) is 10.3. The molecule has 1 N–H and O–H groups in total. The number of benzene rings is 1. The van der Waals surface area contributed by atoms with E-state index in [4.69, 9.17) is 21.4 Å². The number of nitrogens with zero attached hydrogens (tertiary/aromatic N) is 1. The summed E-state index contributed by atoms with van der Waals surface area (Å²) in [7, 11) is 0. The third kappa shape index (κ3) is 3.23. The van der Waals surface area contributed by atoms with E-state index in [1.54, 1.807) is 0 Å². The predicted molar refractivity (Wildman–Crippen MR) is 71.7 cm³/mol. The van der Waals surface area contributed by atoms with Gasteiger partial charge in [0.2, 0.25) is 0 Å². The highest BCUT2D eigenvalue weighted by Crippen LogP contribution is 2.22. The van der Waals surface area contributed by atoms with Gasteiger partial charge in [0.15, 0.2) is 5.75 Å². The quantitative estimate of drug-likeness (QED) is 0.931. The van der Waals surface area contributed by atoms with Crippen LogP contribution >= 0.6 is 11.6 Å². The maximum absolute atomic E-state index is 11.0. The van der Waals surface area contributed by atoms with Crippen molar-refractivity contribution in [1.29, 1.82) is 0 Å². The molecule has 5 heteroatoms. The monoisotopic (exact) mass is 277 g/mol. The number of pyridine rings is 1. The van der Waals surface area contributed by atoms with E-state index in [1.165, 1.54) is 18.5 Å². The molecule has 0 fully saturated rings. The summed E-state index contributed by atoms with van der Waals surface area (Å²) in [5, 5.41) is 9.62. The number of halogens is 1. The molecule has 0 radical (unpaired) electrons. The van der Waals surface area contributed by atoms with Gasteiger partial charge in [0, 0.05) is 16.8 Å². The van der Waals surface area contributed by atoms with E-state index < -0.39 is 5.97 Å². The number of hydrogen-bond donors (Lipinski definition) is 1. The first-order chi connectivity index (χ1) is 9.08. The van der Waals surface area contributed by atoms with Gasteiger partial charge in [0.05, 0.1) is 6.20 Å². The molecular weight excluding hydrogens is 266 g/mol. The highest BCUT2D eigenvalue weighted by Gasteiger charge is 2.11. The third-order valence-corrected chi connectivity index (χ3v) is 2.96. The van der Waals surface area contributed by atoms with Gasteiger partial charge in [-0.05, 0) is 24.6 Å². The zero-order valence-corrected chi connectivity index (χ0v) is 11.0. The highest BCUT2D eigenvalue weighted by atomic mass is 35.5. The van der Waals surface area contributed by atoms with Crippen molar-refractivity contribution in [2.45, 2.75) is 13.5 Å². The van der Waals surface area contributed by atoms with Gasteiger partial charge in [0.1, 0.15) is 12.2 Å². The molecule has 2 rings (SSSR count). The topological polar surface area (TPSA) is 59.4 Å². The lowest BCUT2D eigenvalue weighted by molar-refractivity contribution is 0.0691. The molecule has 1 aromatic heterocycles. The molecule has 0 aliphatic heterocycles. The van der Waals surface area contributed by atoms with E-state index >= 15 is 0 Å². The molecule has 0 aliphatic rings. The van der Waals surface area contributed by atoms with Crippen LogP contribution in [0.1, 0.15) is 21.5 Å². The Kier molecular flexibility index (Phi) is 4.02. The Hall–Kier alpha value is -2.07. The number of carboxylic acids is 1. The van der Waals surface area contributed by atoms with Gasteiger partial charge >= 0.3 is 5.97 Å². The molecule has 0 bridgehead atoms. The summed E-state index contributed by atoms with van der Waals surface area (Å²) < 4.78 is 5.48. The molecule has 0 unspecified atom stereocenters. The second-order valence-corrected chi connectivity index (χ2v) is 4.47. The van der Waals surface area contributed by atoms with E-state index in [1.807, 2.05) is 25.1 Å². The maximum atomic E-state index is 11.0. The Labute approximate surface area is 115 Å². The number of aromatic nitrogens is 1. The standard InChI is InChI=1S/C14H12ClNO3/c1-9-2-3-10(12(15)6-9)8-19-13-7-16-5-4-11(13)14(17)18/h2-7H,8H2,1H3,(H,17,18). The largest absolute Gasteiger partial charge is 0.486 e. The van der Waals surface area contributed by atoms with Crippen molar-refractivity contribution in [2.24, 2.45) is 0 Å². The maximum Gasteiger partial charge on any atom is 0.339 e. The highest BCUT2D eigenvalue weighted by molar-refractivity contribution is 6.31. The summed E-state index contributed by atoms with van der Waals surface area (Å²) >= 11 is 6.09. The van der Waals surface area contributed by atoms with E-state index in [0.717, 1.165) is 11.1 Å². The van der Waals surface area contributed by atoms with Gasteiger partial charge in [0.25, 0.3) is 0 Å². The van der Waals surface area contributed by atoms with E-state index in [2.05, 4.69) is 4.98 Å². The minimum absolute atomic E-state index is 0.0817. The molecule has 19 heavy (non-hydrogen) atoms. The first kappa shape index (κ1) is 13.4. The molecule has 2 aromatic rings. The second-order valence-electron chi connectivity index (χ2n) is 4.06. The van der Waals surface area contributed by atoms with Crippen molar-refractivity contribution >= 4 is 17.6 Å². The van der Waals surface area contributed by atoms with Crippen LogP contribution in [0.2, 0.25) is 5.02 Å². The number of hydrogen-bond acceptors (Lipinski definition) is 3. The molecule has 0 saturated heterocycles. The Morgan fingerprint density at radius 3 is 2.89 bits per heavy atom. The molecule has 1 heterocycles. The summed E-state index contributed by atoms with van der Waals surface area (Å²) in [6.45, 7) is 2.14. The molecule has 0 atom stereocenters. The number of aryl methyl sites for hydroxylation is 1. The summed E-state index contributed by atoms with van der Waals surface area (Å²) in [6, 6.07) is 7.01. The van der Waals surface area contributed by atoms with Crippen LogP contribution in [0.15, 0.2) is 36.7 Å². The number of carbonyl (C=O) groups is 1. The summed E-state index contributed by atoms with van der Waals surface area (Å²) in [4.78, 5) is 14.9. The first-order valence-corrected chi connectivity index (χ1v) is 6.01. The van der Waals surface area contributed by atoms with Crippen LogP contribution in [0.25, 0.3) is 0 Å². The predicted octanol–water partition coefficient (Wildman–Crippen LogP) is 3.32. The van der Waals surface area contributed by atoms with Gasteiger partial charge in [-0.3, -0.25) is 4.98 Å². The molecule has 98 valence electrons. The third-order valence-electron chi connectivity index (χ3n) is 2.61. The van der Waals surface area contributed by atoms with Crippen LogP contribution in [0.5, 0.6) is 5.75 Å². The average molecular weight is 278 g/mol. The van der Waals surface area contributed by atoms with Gasteiger partial charge in [-0.25, -0.2) is 4.79 Å². The summed E-state index contributed by atoms with van der Waals surface area (Å²) in [6.07, 6.45) is 2.79. The van der Waals surface area contributed by atoms with Crippen molar-refractivity contribution in [3.05, 3.63) is 58.4 Å². The van der Waals surface area contributed by atoms with Gasteiger partial charge in [-0.2, -0.15) is 0 Å². The number of ether oxygens (including phenoxy) is 1. The molecular formula is C14H12ClNO3. The molecule has 1 aromatic carbocycles. The zero-order chi connectivity index (χ0) is 13.8. The van der Waals surface area contributed by atoms with Crippen LogP contribution in [0.3, 0.4) is 0 Å². The Balaban J connectivity index is 2.17. The summed E-state index contributed by atoms with van der Waals surface area (Å²) in [5.74, 6) is -0.820. The van der Waals surface area contributed by atoms with Gasteiger partial charge in [-0.15, -0.1) is 0 Å². The minimum atomic E-state index is -1.05. The molecule has 0 saturated carbocycles. The lowest BCUT2D eigenvalue weighted by Crippen LogP contribution is -2.04. The van der Waals surface area contributed by atoms with Crippen LogP contribution in [-0.2, 0) is 6.61 Å². The first-order valence-electron chi connectivity index (χ1n) is 5.63. The van der Waals surface area contributed by atoms with Crippen molar-refractivity contribution in [1.82, 2.24) is 4.98 Å². The Bertz CT molecular complexity index is 613. The normalized spacial score (nSPS) is 10.2. The van der Waals surface area contributed by atoms with Gasteiger partial charge < -0.3 is 9.84 Å². The number of carboxylic acid groups (broad SMARTS) is 1. The fourth-order valence-electron chi connectivity index (χ4n) is 1.60. The van der Waals surface area contributed by atoms with E-state index in [9.17, 15) is 4.79 Å². The average Bonchev–Trinajstić information content (AvgIpc) is 2.38. The molecule has 0 amide bonds. The second kappa shape index (κ2) is 5.71. The lowest BCUT2D eigenvalue weighted by atomic mass is 10.1. The Morgan fingerprint density at radius 2 is 2.21 bits per heavy atom. The van der Waals surface area contributed by atoms with E-state index in [-0.39, 0.29) is 17.9 Å². The minimum Gasteiger partial charge on any atom is -0.486 e. The fraction of sp³-hybridized carbons (Fsp3) is 0.143. The number of aromatic carboxylic acids is 1. The van der Waals surface area contributed by atoms with Crippen molar-refractivity contribution in [2.75, 3.05) is 0 Å². The fourth-order valence-corrected chi connectivity index (χ4v) is 1.89. The van der Waals surface area contributed by atoms with Crippen LogP contribution in [0.4, 0.5) is 0 Å². The van der Waals surface area contributed by atoms with Crippen molar-refractivity contribution < 1.29 is 14.6 Å². The Morgan fingerprint density at radius 1 is 1.42 bits per heavy atom.